The van der Waals surface area contributed by atoms with E-state index in [4.69, 9.17) is 21.4 Å². The summed E-state index contributed by atoms with van der Waals surface area (Å²) in [4.78, 5) is 45.0. The molecule has 2 aromatic carbocycles. The first-order valence-corrected chi connectivity index (χ1v) is 11.9. The zero-order valence-corrected chi connectivity index (χ0v) is 22.7. The molecule has 4 N–H and O–H groups in total. The number of carboxylic acid groups (broad SMARTS) is 1. The Labute approximate surface area is 242 Å². The number of nitrogens with zero attached hydrogens (tertiary/aromatic N) is 4. The van der Waals surface area contributed by atoms with Crippen LogP contribution in [0.2, 0.25) is 5.02 Å². The van der Waals surface area contributed by atoms with Gasteiger partial charge in [-0.2, -0.15) is 0 Å². The molecule has 1 heterocycles. The van der Waals surface area contributed by atoms with Crippen LogP contribution in [0.25, 0.3) is 0 Å². The van der Waals surface area contributed by atoms with Gasteiger partial charge in [-0.3, -0.25) is 0 Å². The second kappa shape index (κ2) is 14.7. The number of aliphatic hydroxyl groups is 3. The predicted octanol–water partition coefficient (Wildman–Crippen LogP) is 2.53. The minimum atomic E-state index is -2.13. The minimum absolute atomic E-state index is 0. The second-order valence-corrected chi connectivity index (χ2v) is 9.25. The number of urea groups is 1. The van der Waals surface area contributed by atoms with Crippen molar-refractivity contribution in [2.45, 2.75) is 12.1 Å². The average molecular weight is 616 g/mol. The largest absolute Gasteiger partial charge is 2.00 e. The first-order valence-electron chi connectivity index (χ1n) is 10.7. The molecule has 0 aliphatic carbocycles. The van der Waals surface area contributed by atoms with Crippen molar-refractivity contribution in [1.82, 2.24) is 14.8 Å². The summed E-state index contributed by atoms with van der Waals surface area (Å²) in [5.74, 6) is -0.753. The SMILES string of the molecule is O=[C-]N(CC(O)(CO)CO)C(=O)N([C-]=Nc1ccc(Oc2ncc(C(=O)O)s2)cc1)Cc1ccc(Cl)cc1.[Mn+2]. The van der Waals surface area contributed by atoms with Crippen LogP contribution >= 0.6 is 22.9 Å². The number of rotatable bonds is 12. The first kappa shape index (κ1) is 31.9. The molecular weight excluding hydrogens is 595 g/mol. The minimum Gasteiger partial charge on any atom is -0.477 e. The molecule has 1 aromatic heterocycles. The second-order valence-electron chi connectivity index (χ2n) is 7.82. The molecule has 39 heavy (non-hydrogen) atoms. The summed E-state index contributed by atoms with van der Waals surface area (Å²) in [7, 11) is 0. The first-order chi connectivity index (χ1) is 18.2. The molecule has 3 aromatic rings. The van der Waals surface area contributed by atoms with Gasteiger partial charge in [-0.15, -0.1) is 0 Å². The van der Waals surface area contributed by atoms with Gasteiger partial charge >= 0.3 is 23.0 Å². The molecule has 0 bridgehead atoms. The van der Waals surface area contributed by atoms with Crippen LogP contribution in [0.3, 0.4) is 0 Å². The maximum absolute atomic E-state index is 13.1. The summed E-state index contributed by atoms with van der Waals surface area (Å²) in [6.45, 7) is -2.63. The van der Waals surface area contributed by atoms with Crippen LogP contribution in [0, 0.1) is 0 Å². The summed E-state index contributed by atoms with van der Waals surface area (Å²) in [6, 6.07) is 11.7. The molecule has 205 valence electrons. The van der Waals surface area contributed by atoms with Crippen molar-refractivity contribution in [2.24, 2.45) is 4.99 Å². The molecule has 0 fully saturated rings. The van der Waals surface area contributed by atoms with Crippen molar-refractivity contribution in [2.75, 3.05) is 19.8 Å². The van der Waals surface area contributed by atoms with Crippen molar-refractivity contribution in [1.29, 1.82) is 0 Å². The number of hydrogen-bond acceptors (Lipinski definition) is 10. The van der Waals surface area contributed by atoms with Crippen molar-refractivity contribution in [3.63, 3.8) is 0 Å². The third-order valence-corrected chi connectivity index (χ3v) is 6.02. The zero-order valence-electron chi connectivity index (χ0n) is 19.9. The van der Waals surface area contributed by atoms with Gasteiger partial charge in [0.05, 0.1) is 25.8 Å². The van der Waals surface area contributed by atoms with Gasteiger partial charge in [0.15, 0.2) is 0 Å². The molecule has 0 saturated carbocycles. The number of thiazole rings is 1. The third-order valence-electron chi connectivity index (χ3n) is 4.90. The number of benzene rings is 2. The third kappa shape index (κ3) is 9.11. The van der Waals surface area contributed by atoms with Gasteiger partial charge in [-0.05, 0) is 35.5 Å². The van der Waals surface area contributed by atoms with E-state index in [1.165, 1.54) is 12.6 Å². The summed E-state index contributed by atoms with van der Waals surface area (Å²) in [5.41, 5.74) is -1.17. The number of carbonyl (C=O) groups excluding carboxylic acids is 2. The van der Waals surface area contributed by atoms with Crippen molar-refractivity contribution >= 4 is 53.4 Å². The van der Waals surface area contributed by atoms with Crippen LogP contribution in [-0.4, -0.2) is 85.3 Å². The number of carboxylic acids is 1. The fourth-order valence-corrected chi connectivity index (χ4v) is 3.61. The number of halogens is 1. The Kier molecular flexibility index (Phi) is 12.0. The number of aliphatic imine (C=N–C) groups is 1. The van der Waals surface area contributed by atoms with E-state index in [0.717, 1.165) is 16.2 Å². The van der Waals surface area contributed by atoms with E-state index < -0.39 is 37.4 Å². The molecule has 0 spiro atoms. The van der Waals surface area contributed by atoms with E-state index in [2.05, 4.69) is 16.3 Å². The number of amides is 3. The average Bonchev–Trinajstić information content (AvgIpc) is 3.40. The van der Waals surface area contributed by atoms with E-state index in [1.54, 1.807) is 48.5 Å². The van der Waals surface area contributed by atoms with E-state index in [0.29, 0.717) is 26.9 Å². The van der Waals surface area contributed by atoms with E-state index in [1.807, 2.05) is 0 Å². The Bertz CT molecular complexity index is 1290. The topological polar surface area (TPSA) is 173 Å². The molecule has 15 heteroatoms. The molecule has 0 aliphatic heterocycles. The number of aromatic carboxylic acids is 1. The Morgan fingerprint density at radius 2 is 1.72 bits per heavy atom. The maximum atomic E-state index is 13.1. The normalized spacial score (nSPS) is 11.1. The number of hydrogen-bond donors (Lipinski definition) is 4. The Morgan fingerprint density at radius 1 is 1.08 bits per heavy atom. The van der Waals surface area contributed by atoms with Crippen LogP contribution in [-0.2, 0) is 28.4 Å². The van der Waals surface area contributed by atoms with E-state index in [9.17, 15) is 29.7 Å². The van der Waals surface area contributed by atoms with Crippen molar-refractivity contribution < 1.29 is 56.6 Å². The van der Waals surface area contributed by atoms with Crippen LogP contribution < -0.4 is 4.74 Å². The van der Waals surface area contributed by atoms with E-state index in [-0.39, 0.29) is 33.7 Å². The van der Waals surface area contributed by atoms with Gasteiger partial charge in [0.25, 0.3) is 5.19 Å². The van der Waals surface area contributed by atoms with Crippen molar-refractivity contribution in [3.8, 4) is 10.9 Å². The Balaban J connectivity index is 0.00000533. The monoisotopic (exact) mass is 615 g/mol. The predicted molar refractivity (Wildman–Crippen MR) is 137 cm³/mol. The van der Waals surface area contributed by atoms with Gasteiger partial charge < -0.3 is 49.5 Å². The Hall–Kier alpha value is -3.36. The molecular formula is C24H21ClMnN4O8S. The van der Waals surface area contributed by atoms with Crippen molar-refractivity contribution in [3.05, 3.63) is 70.2 Å². The van der Waals surface area contributed by atoms with Crippen LogP contribution in [0.5, 0.6) is 10.9 Å². The van der Waals surface area contributed by atoms with Gasteiger partial charge in [0.1, 0.15) is 16.2 Å². The number of aromatic nitrogens is 1. The zero-order chi connectivity index (χ0) is 27.7. The quantitative estimate of drug-likeness (QED) is 0.0785. The maximum Gasteiger partial charge on any atom is 2.00 e. The summed E-state index contributed by atoms with van der Waals surface area (Å²) < 4.78 is 5.52. The van der Waals surface area contributed by atoms with Gasteiger partial charge in [-0.1, -0.05) is 47.2 Å². The molecule has 0 saturated heterocycles. The molecule has 0 atom stereocenters. The standard InChI is InChI=1S/C24H21ClN4O8S.Mn/c25-17-3-1-16(2-4-17)10-28(23(35)29(15-32)11-24(36,12-30)13-31)14-27-18-5-7-19(8-6-18)37-22-26-9-20(38-22)21(33)34;/h1-9,30-31,36H,10-13H2,(H,33,34);/q-2;+2. The molecule has 1 radical (unpaired) electrons. The fourth-order valence-electron chi connectivity index (χ4n) is 2.86. The van der Waals surface area contributed by atoms with Gasteiger partial charge in [0, 0.05) is 24.5 Å². The fraction of sp³-hybridized carbons (Fsp3) is 0.208. The number of ether oxygens (including phenoxy) is 1. The van der Waals surface area contributed by atoms with Crippen LogP contribution in [0.15, 0.2) is 59.7 Å². The molecule has 3 rings (SSSR count). The van der Waals surface area contributed by atoms with Crippen LogP contribution in [0.4, 0.5) is 10.5 Å². The van der Waals surface area contributed by atoms with Gasteiger partial charge in [-0.25, -0.2) is 9.78 Å². The molecule has 12 nitrogen and oxygen atoms in total. The molecule has 3 amide bonds. The summed E-state index contributed by atoms with van der Waals surface area (Å²) in [5, 5.41) is 38.4. The Morgan fingerprint density at radius 3 is 2.26 bits per heavy atom. The van der Waals surface area contributed by atoms with E-state index >= 15 is 0 Å². The molecule has 0 unspecified atom stereocenters. The molecule has 0 aliphatic rings. The summed E-state index contributed by atoms with van der Waals surface area (Å²) >= 11 is 6.78. The van der Waals surface area contributed by atoms with Gasteiger partial charge in [0.2, 0.25) is 6.03 Å². The smallest absolute Gasteiger partial charge is 0.477 e. The summed E-state index contributed by atoms with van der Waals surface area (Å²) in [6.07, 6.45) is 5.13. The number of imide groups is 1. The number of aliphatic hydroxyl groups excluding tert-OH is 2. The van der Waals surface area contributed by atoms with Crippen LogP contribution in [0.1, 0.15) is 15.2 Å². The number of carbonyl (C=O) groups is 2.